The van der Waals surface area contributed by atoms with E-state index in [4.69, 9.17) is 27.8 Å². The highest BCUT2D eigenvalue weighted by molar-refractivity contribution is 7.18. The minimum absolute atomic E-state index is 0.0227. The van der Waals surface area contributed by atoms with E-state index in [2.05, 4.69) is 10.3 Å². The quantitative estimate of drug-likeness (QED) is 0.222. The average molecular weight is 582 g/mol. The van der Waals surface area contributed by atoms with E-state index in [-0.39, 0.29) is 28.3 Å². The summed E-state index contributed by atoms with van der Waals surface area (Å²) in [6.07, 6.45) is 0. The molecular formula is C28H25ClFN5O4S. The van der Waals surface area contributed by atoms with Crippen LogP contribution in [0.4, 0.5) is 21.0 Å². The maximum atomic E-state index is 13.5. The van der Waals surface area contributed by atoms with Crippen molar-refractivity contribution in [2.24, 2.45) is 5.73 Å². The molecule has 12 heteroatoms. The lowest BCUT2D eigenvalue weighted by Crippen LogP contribution is -2.39. The summed E-state index contributed by atoms with van der Waals surface area (Å²) < 4.78 is 19.0. The van der Waals surface area contributed by atoms with Gasteiger partial charge in [0.15, 0.2) is 11.7 Å². The van der Waals surface area contributed by atoms with Crippen molar-refractivity contribution in [2.75, 3.05) is 17.2 Å². The summed E-state index contributed by atoms with van der Waals surface area (Å²) in [6.45, 7) is 1.67. The van der Waals surface area contributed by atoms with E-state index in [9.17, 15) is 18.8 Å². The third-order valence-corrected chi connectivity index (χ3v) is 7.13. The SMILES string of the molecule is CC(C(N)=O)N(c1ccc(F)cc1)c1nc(N)c(C(=O)c2ccc(OCC(=O)NCc3cccc(Cl)c3)cc2)s1. The van der Waals surface area contributed by atoms with Crippen LogP contribution in [-0.2, 0) is 16.1 Å². The van der Waals surface area contributed by atoms with Gasteiger partial charge in [0.1, 0.15) is 28.3 Å². The second-order valence-electron chi connectivity index (χ2n) is 8.68. The Hall–Kier alpha value is -4.48. The van der Waals surface area contributed by atoms with E-state index in [1.165, 1.54) is 29.2 Å². The number of nitrogens with two attached hydrogens (primary N) is 2. The Labute approximate surface area is 238 Å². The predicted molar refractivity (Wildman–Crippen MR) is 152 cm³/mol. The molecule has 0 spiro atoms. The Morgan fingerprint density at radius 1 is 1.10 bits per heavy atom. The Bertz CT molecular complexity index is 1530. The number of hydrogen-bond acceptors (Lipinski definition) is 8. The molecule has 0 aliphatic carbocycles. The minimum atomic E-state index is -0.849. The molecule has 1 atom stereocenters. The molecule has 5 N–H and O–H groups in total. The van der Waals surface area contributed by atoms with Crippen LogP contribution in [0.15, 0.2) is 72.8 Å². The first-order chi connectivity index (χ1) is 19.1. The smallest absolute Gasteiger partial charge is 0.258 e. The lowest BCUT2D eigenvalue weighted by Gasteiger charge is -2.26. The maximum Gasteiger partial charge on any atom is 0.258 e. The molecule has 0 radical (unpaired) electrons. The summed E-state index contributed by atoms with van der Waals surface area (Å²) in [5.41, 5.74) is 13.2. The fourth-order valence-corrected chi connectivity index (χ4v) is 4.96. The summed E-state index contributed by atoms with van der Waals surface area (Å²) in [5.74, 6) is -1.43. The third-order valence-electron chi connectivity index (χ3n) is 5.82. The monoisotopic (exact) mass is 581 g/mol. The number of carbonyl (C=O) groups excluding carboxylic acids is 3. The molecule has 0 aliphatic heterocycles. The lowest BCUT2D eigenvalue weighted by atomic mass is 10.1. The van der Waals surface area contributed by atoms with Crippen LogP contribution in [-0.4, -0.2) is 35.2 Å². The number of rotatable bonds is 11. The zero-order chi connectivity index (χ0) is 28.8. The average Bonchev–Trinajstić information content (AvgIpc) is 3.32. The number of benzene rings is 3. The molecule has 0 bridgehead atoms. The van der Waals surface area contributed by atoms with Gasteiger partial charge in [0.2, 0.25) is 11.7 Å². The number of anilines is 3. The molecule has 4 aromatic rings. The van der Waals surface area contributed by atoms with Crippen molar-refractivity contribution in [2.45, 2.75) is 19.5 Å². The maximum absolute atomic E-state index is 13.5. The normalized spacial score (nSPS) is 11.5. The van der Waals surface area contributed by atoms with E-state index in [1.807, 2.05) is 6.07 Å². The van der Waals surface area contributed by atoms with Crippen LogP contribution < -0.4 is 26.4 Å². The van der Waals surface area contributed by atoms with E-state index in [0.717, 1.165) is 16.9 Å². The number of nitrogens with one attached hydrogen (secondary N) is 1. The van der Waals surface area contributed by atoms with Crippen molar-refractivity contribution in [3.8, 4) is 5.75 Å². The van der Waals surface area contributed by atoms with Crippen molar-refractivity contribution >= 4 is 57.2 Å². The molecule has 2 amide bonds. The summed E-state index contributed by atoms with van der Waals surface area (Å²) in [4.78, 5) is 43.3. The molecule has 206 valence electrons. The van der Waals surface area contributed by atoms with Gasteiger partial charge in [-0.25, -0.2) is 9.37 Å². The van der Waals surface area contributed by atoms with Gasteiger partial charge >= 0.3 is 0 Å². The number of aromatic nitrogens is 1. The summed E-state index contributed by atoms with van der Waals surface area (Å²) in [7, 11) is 0. The van der Waals surface area contributed by atoms with Crippen LogP contribution in [0.3, 0.4) is 0 Å². The van der Waals surface area contributed by atoms with Gasteiger partial charge in [0.25, 0.3) is 5.91 Å². The van der Waals surface area contributed by atoms with Crippen LogP contribution in [0.2, 0.25) is 5.02 Å². The van der Waals surface area contributed by atoms with Gasteiger partial charge < -0.3 is 26.4 Å². The van der Waals surface area contributed by atoms with Crippen LogP contribution in [0, 0.1) is 5.82 Å². The Balaban J connectivity index is 1.42. The summed E-state index contributed by atoms with van der Waals surface area (Å²) in [5, 5.41) is 3.58. The molecule has 1 aromatic heterocycles. The van der Waals surface area contributed by atoms with Crippen molar-refractivity contribution in [1.82, 2.24) is 10.3 Å². The van der Waals surface area contributed by atoms with E-state index in [1.54, 1.807) is 49.4 Å². The number of ketones is 1. The fourth-order valence-electron chi connectivity index (χ4n) is 3.70. The molecule has 0 saturated carbocycles. The van der Waals surface area contributed by atoms with E-state index in [0.29, 0.717) is 28.6 Å². The second kappa shape index (κ2) is 12.6. The second-order valence-corrected chi connectivity index (χ2v) is 10.1. The number of nitrogens with zero attached hydrogens (tertiary/aromatic N) is 2. The number of thiazole rings is 1. The van der Waals surface area contributed by atoms with Gasteiger partial charge in [-0.2, -0.15) is 0 Å². The number of primary amides is 1. The van der Waals surface area contributed by atoms with E-state index < -0.39 is 23.5 Å². The molecular weight excluding hydrogens is 557 g/mol. The van der Waals surface area contributed by atoms with Crippen LogP contribution in [0.25, 0.3) is 0 Å². The third kappa shape index (κ3) is 6.93. The van der Waals surface area contributed by atoms with Gasteiger partial charge in [0, 0.05) is 22.8 Å². The highest BCUT2D eigenvalue weighted by Gasteiger charge is 2.27. The first kappa shape index (κ1) is 28.5. The molecule has 1 heterocycles. The van der Waals surface area contributed by atoms with Crippen molar-refractivity contribution in [1.29, 1.82) is 0 Å². The van der Waals surface area contributed by atoms with Crippen LogP contribution >= 0.6 is 22.9 Å². The van der Waals surface area contributed by atoms with Gasteiger partial charge in [-0.15, -0.1) is 0 Å². The summed E-state index contributed by atoms with van der Waals surface area (Å²) in [6, 6.07) is 18.0. The van der Waals surface area contributed by atoms with Crippen LogP contribution in [0.5, 0.6) is 5.75 Å². The molecule has 4 rings (SSSR count). The minimum Gasteiger partial charge on any atom is -0.484 e. The number of carbonyl (C=O) groups is 3. The molecule has 0 saturated heterocycles. The van der Waals surface area contributed by atoms with Gasteiger partial charge in [-0.05, 0) is 73.2 Å². The zero-order valence-electron chi connectivity index (χ0n) is 21.3. The van der Waals surface area contributed by atoms with Crippen molar-refractivity contribution < 1.29 is 23.5 Å². The molecule has 1 unspecified atom stereocenters. The van der Waals surface area contributed by atoms with E-state index >= 15 is 0 Å². The van der Waals surface area contributed by atoms with Crippen LogP contribution in [0.1, 0.15) is 27.7 Å². The van der Waals surface area contributed by atoms with Gasteiger partial charge in [-0.3, -0.25) is 14.4 Å². The number of ether oxygens (including phenoxy) is 1. The Morgan fingerprint density at radius 2 is 1.80 bits per heavy atom. The first-order valence-electron chi connectivity index (χ1n) is 12.0. The molecule has 3 aromatic carbocycles. The lowest BCUT2D eigenvalue weighted by molar-refractivity contribution is -0.123. The Kier molecular flexibility index (Phi) is 8.97. The molecule has 9 nitrogen and oxygen atoms in total. The fraction of sp³-hybridized carbons (Fsp3) is 0.143. The molecule has 0 aliphatic rings. The molecule has 40 heavy (non-hydrogen) atoms. The predicted octanol–water partition coefficient (Wildman–Crippen LogP) is 4.46. The zero-order valence-corrected chi connectivity index (χ0v) is 22.8. The number of hydrogen-bond donors (Lipinski definition) is 3. The highest BCUT2D eigenvalue weighted by Crippen LogP contribution is 2.36. The number of nitrogen functional groups attached to an aromatic ring is 1. The standard InChI is InChI=1S/C28H25ClFN5O4S/c1-16(27(32)38)35(21-9-7-20(30)8-10-21)28-34-26(31)25(40-28)24(37)18-5-11-22(12-6-18)39-15-23(36)33-14-17-3-2-4-19(29)13-17/h2-13,16H,14-15,31H2,1H3,(H2,32,38)(H,33,36). The number of halogens is 2. The van der Waals surface area contributed by atoms with Gasteiger partial charge in [-0.1, -0.05) is 35.1 Å². The highest BCUT2D eigenvalue weighted by atomic mass is 35.5. The van der Waals surface area contributed by atoms with Crippen molar-refractivity contribution in [3.05, 3.63) is 99.6 Å². The van der Waals surface area contributed by atoms with Gasteiger partial charge in [0.05, 0.1) is 0 Å². The Morgan fingerprint density at radius 3 is 2.45 bits per heavy atom. The molecule has 0 fully saturated rings. The largest absolute Gasteiger partial charge is 0.484 e. The van der Waals surface area contributed by atoms with Crippen molar-refractivity contribution in [3.63, 3.8) is 0 Å². The number of amides is 2. The summed E-state index contributed by atoms with van der Waals surface area (Å²) >= 11 is 6.94. The topological polar surface area (TPSA) is 141 Å². The first-order valence-corrected chi connectivity index (χ1v) is 13.2.